The monoisotopic (exact) mass is 399 g/mol. The fraction of sp³-hybridized carbons (Fsp3) is 0.0690. The minimum atomic E-state index is 1.01. The lowest BCUT2D eigenvalue weighted by molar-refractivity contribution is -0.686. The second kappa shape index (κ2) is 7.41. The molecule has 2 nitrogen and oxygen atoms in total. The number of imidazole rings is 1. The average Bonchev–Trinajstić information content (AvgIpc) is 3.29. The lowest BCUT2D eigenvalue weighted by Gasteiger charge is -2.17. The molecule has 0 atom stereocenters. The molecular weight excluding hydrogens is 376 g/mol. The Morgan fingerprint density at radius 2 is 1.16 bits per heavy atom. The molecule has 0 bridgehead atoms. The van der Waals surface area contributed by atoms with Gasteiger partial charge in [0.15, 0.2) is 0 Å². The fourth-order valence-electron chi connectivity index (χ4n) is 4.77. The third-order valence-corrected chi connectivity index (χ3v) is 6.22. The normalized spacial score (nSPS) is 12.3. The Balaban J connectivity index is 1.68. The summed E-state index contributed by atoms with van der Waals surface area (Å²) in [6.45, 7) is 1.01. The number of benzene rings is 4. The fourth-order valence-corrected chi connectivity index (χ4v) is 4.77. The van der Waals surface area contributed by atoms with E-state index in [0.717, 1.165) is 13.0 Å². The van der Waals surface area contributed by atoms with Crippen LogP contribution in [-0.4, -0.2) is 4.57 Å². The molecule has 1 aliphatic rings. The number of hydrogen-bond donors (Lipinski definition) is 0. The summed E-state index contributed by atoms with van der Waals surface area (Å²) in [5.41, 5.74) is 8.90. The highest BCUT2D eigenvalue weighted by Gasteiger charge is 2.30. The van der Waals surface area contributed by atoms with E-state index in [1.54, 1.807) is 0 Å². The van der Waals surface area contributed by atoms with Gasteiger partial charge in [-0.3, -0.25) is 0 Å². The molecule has 0 saturated heterocycles. The van der Waals surface area contributed by atoms with Gasteiger partial charge in [0.2, 0.25) is 0 Å². The Kier molecular flexibility index (Phi) is 4.28. The minimum Gasteiger partial charge on any atom is -0.229 e. The Labute approximate surface area is 182 Å². The number of hydrogen-bond acceptors (Lipinski definition) is 0. The van der Waals surface area contributed by atoms with E-state index in [9.17, 15) is 0 Å². The molecule has 2 heterocycles. The third-order valence-electron chi connectivity index (χ3n) is 6.22. The van der Waals surface area contributed by atoms with Crippen LogP contribution in [0, 0.1) is 0 Å². The lowest BCUT2D eigenvalue weighted by Crippen LogP contribution is -2.39. The first-order chi connectivity index (χ1) is 15.4. The van der Waals surface area contributed by atoms with Crippen molar-refractivity contribution in [1.29, 1.82) is 0 Å². The molecule has 0 unspecified atom stereocenters. The number of rotatable bonds is 3. The number of para-hydroxylation sites is 1. The lowest BCUT2D eigenvalue weighted by atomic mass is 9.95. The van der Waals surface area contributed by atoms with Crippen LogP contribution in [-0.2, 0) is 13.0 Å². The first kappa shape index (κ1) is 17.9. The first-order valence-electron chi connectivity index (χ1n) is 10.8. The van der Waals surface area contributed by atoms with E-state index in [1.807, 2.05) is 0 Å². The van der Waals surface area contributed by atoms with E-state index in [1.165, 1.54) is 44.9 Å². The molecule has 0 fully saturated rings. The topological polar surface area (TPSA) is 8.81 Å². The van der Waals surface area contributed by atoms with Crippen molar-refractivity contribution in [3.8, 4) is 39.3 Å². The predicted molar refractivity (Wildman–Crippen MR) is 126 cm³/mol. The summed E-state index contributed by atoms with van der Waals surface area (Å²) in [6.07, 6.45) is 5.52. The van der Waals surface area contributed by atoms with Gasteiger partial charge in [-0.2, -0.15) is 4.57 Å². The largest absolute Gasteiger partial charge is 0.294 e. The molecule has 6 rings (SSSR count). The van der Waals surface area contributed by atoms with Crippen molar-refractivity contribution in [3.63, 3.8) is 0 Å². The van der Waals surface area contributed by atoms with Crippen molar-refractivity contribution in [3.05, 3.63) is 121 Å². The van der Waals surface area contributed by atoms with Gasteiger partial charge in [-0.1, -0.05) is 97.1 Å². The number of nitrogens with zero attached hydrogens (tertiary/aromatic N) is 2. The van der Waals surface area contributed by atoms with Crippen LogP contribution in [0.1, 0.15) is 5.56 Å². The maximum Gasteiger partial charge on any atom is 0.294 e. The van der Waals surface area contributed by atoms with Gasteiger partial charge in [0.05, 0.1) is 12.1 Å². The molecule has 148 valence electrons. The quantitative estimate of drug-likeness (QED) is 0.314. The van der Waals surface area contributed by atoms with Crippen LogP contribution < -0.4 is 4.57 Å². The average molecular weight is 400 g/mol. The Bertz CT molecular complexity index is 1310. The van der Waals surface area contributed by atoms with Crippen molar-refractivity contribution < 1.29 is 4.57 Å². The van der Waals surface area contributed by atoms with E-state index in [0.29, 0.717) is 0 Å². The molecule has 0 saturated carbocycles. The molecule has 4 aromatic carbocycles. The summed E-state index contributed by atoms with van der Waals surface area (Å²) in [4.78, 5) is 0. The van der Waals surface area contributed by atoms with Crippen LogP contribution in [0.4, 0.5) is 0 Å². The predicted octanol–water partition coefficient (Wildman–Crippen LogP) is 6.32. The zero-order chi connectivity index (χ0) is 20.6. The summed E-state index contributed by atoms with van der Waals surface area (Å²) in [7, 11) is 0. The molecular formula is C29H23N2+. The highest BCUT2D eigenvalue weighted by molar-refractivity contribution is 5.86. The van der Waals surface area contributed by atoms with Gasteiger partial charge in [-0.15, -0.1) is 0 Å². The van der Waals surface area contributed by atoms with Gasteiger partial charge >= 0.3 is 0 Å². The van der Waals surface area contributed by atoms with Crippen LogP contribution in [0.3, 0.4) is 0 Å². The zero-order valence-corrected chi connectivity index (χ0v) is 17.3. The summed E-state index contributed by atoms with van der Waals surface area (Å²) in [5.74, 6) is 1.25. The van der Waals surface area contributed by atoms with E-state index < -0.39 is 0 Å². The van der Waals surface area contributed by atoms with Crippen LogP contribution >= 0.6 is 0 Å². The Hall–Kier alpha value is -3.91. The van der Waals surface area contributed by atoms with Crippen LogP contribution in [0.5, 0.6) is 0 Å². The van der Waals surface area contributed by atoms with Gasteiger partial charge in [0, 0.05) is 17.5 Å². The van der Waals surface area contributed by atoms with Crippen LogP contribution in [0.15, 0.2) is 116 Å². The van der Waals surface area contributed by atoms with Crippen molar-refractivity contribution in [1.82, 2.24) is 4.57 Å². The number of aromatic nitrogens is 2. The highest BCUT2D eigenvalue weighted by Crippen LogP contribution is 2.38. The third kappa shape index (κ3) is 3.00. The summed E-state index contributed by atoms with van der Waals surface area (Å²) in [6, 6.07) is 36.9. The minimum absolute atomic E-state index is 1.01. The van der Waals surface area contributed by atoms with Crippen LogP contribution in [0.2, 0.25) is 0 Å². The van der Waals surface area contributed by atoms with E-state index >= 15 is 0 Å². The van der Waals surface area contributed by atoms with Gasteiger partial charge in [0.25, 0.3) is 5.82 Å². The van der Waals surface area contributed by atoms with Crippen molar-refractivity contribution in [2.45, 2.75) is 13.0 Å². The molecule has 5 aromatic rings. The highest BCUT2D eigenvalue weighted by atomic mass is 15.2. The van der Waals surface area contributed by atoms with Crippen LogP contribution in [0.25, 0.3) is 39.3 Å². The van der Waals surface area contributed by atoms with E-state index in [4.69, 9.17) is 0 Å². The van der Waals surface area contributed by atoms with Crippen molar-refractivity contribution in [2.75, 3.05) is 0 Å². The summed E-state index contributed by atoms with van der Waals surface area (Å²) < 4.78 is 4.78. The molecule has 0 aliphatic carbocycles. The van der Waals surface area contributed by atoms with Gasteiger partial charge in [0.1, 0.15) is 18.1 Å². The first-order valence-corrected chi connectivity index (χ1v) is 10.8. The molecule has 0 spiro atoms. The van der Waals surface area contributed by atoms with Crippen molar-refractivity contribution >= 4 is 0 Å². The number of aryl methyl sites for hydroxylation is 2. The van der Waals surface area contributed by atoms with Crippen molar-refractivity contribution in [2.24, 2.45) is 0 Å². The summed E-state index contributed by atoms with van der Waals surface area (Å²) >= 11 is 0. The second-order valence-corrected chi connectivity index (χ2v) is 8.03. The van der Waals surface area contributed by atoms with E-state index in [2.05, 4.69) is 125 Å². The molecule has 1 aliphatic heterocycles. The molecule has 0 radical (unpaired) electrons. The smallest absolute Gasteiger partial charge is 0.229 e. The number of fused-ring (bicyclic) bond motifs is 3. The zero-order valence-electron chi connectivity index (χ0n) is 17.3. The maximum atomic E-state index is 2.39. The van der Waals surface area contributed by atoms with E-state index in [-0.39, 0.29) is 0 Å². The molecule has 2 heteroatoms. The maximum absolute atomic E-state index is 2.39. The molecule has 0 N–H and O–H groups in total. The SMILES string of the molecule is c1ccc(-c2cccc(-c3ccccc3)c2-n2cc[n+]3c2-c2ccccc2CC3)cc1. The molecule has 31 heavy (non-hydrogen) atoms. The van der Waals surface area contributed by atoms with Gasteiger partial charge in [-0.05, 0) is 22.8 Å². The Morgan fingerprint density at radius 1 is 0.581 bits per heavy atom. The molecule has 1 aromatic heterocycles. The summed E-state index contributed by atoms with van der Waals surface area (Å²) in [5, 5.41) is 0. The van der Waals surface area contributed by atoms with Gasteiger partial charge < -0.3 is 0 Å². The Morgan fingerprint density at radius 3 is 1.84 bits per heavy atom. The molecule has 0 amide bonds. The van der Waals surface area contributed by atoms with Gasteiger partial charge in [-0.25, -0.2) is 4.57 Å². The standard InChI is InChI=1S/C29H23N2/c1-3-10-22(11-4-1)25-16-9-17-26(23-12-5-2-6-13-23)28(25)31-21-20-30-19-18-24-14-7-8-15-27(24)29(30)31/h1-17,20-21H,18-19H2/q+1. The second-order valence-electron chi connectivity index (χ2n) is 8.03.